The molecule has 1 fully saturated rings. The quantitative estimate of drug-likeness (QED) is 0.710. The smallest absolute Gasteiger partial charge is 0.366 e. The van der Waals surface area contributed by atoms with Crippen LogP contribution in [0.4, 0.5) is 17.6 Å². The normalized spacial score (nSPS) is 15.3. The number of hydrogen-bond acceptors (Lipinski definition) is 3. The third-order valence-corrected chi connectivity index (χ3v) is 3.27. The maximum atomic E-state index is 13.3. The highest BCUT2D eigenvalue weighted by atomic mass is 19.4. The Kier molecular flexibility index (Phi) is 4.36. The molecule has 0 unspecified atom stereocenters. The van der Waals surface area contributed by atoms with Gasteiger partial charge in [-0.1, -0.05) is 0 Å². The van der Waals surface area contributed by atoms with E-state index in [1.807, 2.05) is 0 Å². The molecule has 1 aliphatic heterocycles. The van der Waals surface area contributed by atoms with Gasteiger partial charge in [-0.2, -0.15) is 13.2 Å². The van der Waals surface area contributed by atoms with E-state index in [4.69, 9.17) is 5.73 Å². The largest absolute Gasteiger partial charge is 0.416 e. The van der Waals surface area contributed by atoms with Crippen molar-refractivity contribution >= 4 is 11.8 Å². The van der Waals surface area contributed by atoms with E-state index in [2.05, 4.69) is 10.6 Å². The number of benzene rings is 1. The molecule has 2 rings (SSSR count). The molecule has 0 aromatic heterocycles. The number of amides is 2. The molecule has 0 saturated carbocycles. The zero-order chi connectivity index (χ0) is 16.5. The Morgan fingerprint density at radius 3 is 2.41 bits per heavy atom. The topological polar surface area (TPSA) is 84.2 Å². The summed E-state index contributed by atoms with van der Waals surface area (Å²) in [5.41, 5.74) is 2.36. The van der Waals surface area contributed by atoms with E-state index < -0.39 is 46.9 Å². The Bertz CT molecular complexity index is 612. The molecular formula is C13H13F4N3O2. The first-order valence-electron chi connectivity index (χ1n) is 6.38. The first kappa shape index (κ1) is 16.2. The average Bonchev–Trinajstić information content (AvgIpc) is 2.34. The molecule has 1 aromatic rings. The predicted molar refractivity (Wildman–Crippen MR) is 68.4 cm³/mol. The van der Waals surface area contributed by atoms with Gasteiger partial charge in [0, 0.05) is 18.7 Å². The van der Waals surface area contributed by atoms with Gasteiger partial charge < -0.3 is 16.4 Å². The molecule has 0 atom stereocenters. The molecule has 1 saturated heterocycles. The number of rotatable bonds is 4. The van der Waals surface area contributed by atoms with E-state index >= 15 is 0 Å². The summed E-state index contributed by atoms with van der Waals surface area (Å²) >= 11 is 0. The van der Waals surface area contributed by atoms with Crippen LogP contribution in [0.1, 0.15) is 21.5 Å². The predicted octanol–water partition coefficient (Wildman–Crippen LogP) is 0.574. The maximum absolute atomic E-state index is 13.3. The summed E-state index contributed by atoms with van der Waals surface area (Å²) in [6.07, 6.45) is -5.61. The van der Waals surface area contributed by atoms with Crippen molar-refractivity contribution in [3.8, 4) is 0 Å². The van der Waals surface area contributed by atoms with Crippen molar-refractivity contribution in [1.29, 1.82) is 0 Å². The Balaban J connectivity index is 2.37. The molecule has 0 radical (unpaired) electrons. The highest BCUT2D eigenvalue weighted by Crippen LogP contribution is 2.34. The van der Waals surface area contributed by atoms with Crippen molar-refractivity contribution in [2.75, 3.05) is 13.1 Å². The molecule has 1 heterocycles. The standard InChI is InChI=1S/C13H13F4N3O2/c14-6-1-9(12(18)22)8(10(2-6)13(15,16)17)3-11(21)20-7-4-19-5-7/h1-2,7,19H,3-5H2,(H2,18,22)(H,20,21). The van der Waals surface area contributed by atoms with Crippen LogP contribution in [-0.2, 0) is 17.4 Å². The average molecular weight is 319 g/mol. The Labute approximate surface area is 122 Å². The molecule has 4 N–H and O–H groups in total. The Hall–Kier alpha value is -2.16. The number of carbonyl (C=O) groups is 2. The van der Waals surface area contributed by atoms with Gasteiger partial charge in [0.15, 0.2) is 0 Å². The number of primary amides is 1. The zero-order valence-electron chi connectivity index (χ0n) is 11.3. The number of alkyl halides is 3. The van der Waals surface area contributed by atoms with E-state index in [0.717, 1.165) is 0 Å². The SMILES string of the molecule is NC(=O)c1cc(F)cc(C(F)(F)F)c1CC(=O)NC1CNC1. The van der Waals surface area contributed by atoms with Crippen LogP contribution < -0.4 is 16.4 Å². The van der Waals surface area contributed by atoms with Gasteiger partial charge in [-0.3, -0.25) is 9.59 Å². The minimum absolute atomic E-state index is 0.167. The third kappa shape index (κ3) is 3.53. The number of nitrogens with two attached hydrogens (primary N) is 1. The fraction of sp³-hybridized carbons (Fsp3) is 0.385. The second-order valence-corrected chi connectivity index (χ2v) is 4.94. The molecule has 22 heavy (non-hydrogen) atoms. The molecule has 5 nitrogen and oxygen atoms in total. The van der Waals surface area contributed by atoms with Crippen molar-refractivity contribution in [3.63, 3.8) is 0 Å². The van der Waals surface area contributed by atoms with Crippen LogP contribution in [-0.4, -0.2) is 30.9 Å². The minimum Gasteiger partial charge on any atom is -0.366 e. The molecule has 1 aliphatic rings. The lowest BCUT2D eigenvalue weighted by Gasteiger charge is -2.28. The summed E-state index contributed by atoms with van der Waals surface area (Å²) < 4.78 is 52.3. The van der Waals surface area contributed by atoms with Gasteiger partial charge in [-0.25, -0.2) is 4.39 Å². The van der Waals surface area contributed by atoms with Crippen LogP contribution in [0.25, 0.3) is 0 Å². The van der Waals surface area contributed by atoms with E-state index in [1.54, 1.807) is 0 Å². The highest BCUT2D eigenvalue weighted by molar-refractivity contribution is 5.96. The summed E-state index contributed by atoms with van der Waals surface area (Å²) in [6.45, 7) is 1.04. The number of hydrogen-bond donors (Lipinski definition) is 3. The highest BCUT2D eigenvalue weighted by Gasteiger charge is 2.36. The lowest BCUT2D eigenvalue weighted by molar-refractivity contribution is -0.138. The molecule has 120 valence electrons. The summed E-state index contributed by atoms with van der Waals surface area (Å²) in [5, 5.41) is 5.39. The summed E-state index contributed by atoms with van der Waals surface area (Å²) in [5.74, 6) is -3.15. The molecule has 0 spiro atoms. The van der Waals surface area contributed by atoms with Crippen LogP contribution in [0, 0.1) is 5.82 Å². The Morgan fingerprint density at radius 1 is 1.32 bits per heavy atom. The van der Waals surface area contributed by atoms with E-state index in [9.17, 15) is 27.2 Å². The number of nitrogens with one attached hydrogen (secondary N) is 2. The Morgan fingerprint density at radius 2 is 1.95 bits per heavy atom. The van der Waals surface area contributed by atoms with Gasteiger partial charge in [-0.05, 0) is 17.7 Å². The van der Waals surface area contributed by atoms with Crippen molar-refractivity contribution < 1.29 is 27.2 Å². The van der Waals surface area contributed by atoms with Gasteiger partial charge in [0.2, 0.25) is 11.8 Å². The monoisotopic (exact) mass is 319 g/mol. The van der Waals surface area contributed by atoms with Gasteiger partial charge >= 0.3 is 6.18 Å². The minimum atomic E-state index is -4.90. The fourth-order valence-corrected chi connectivity index (χ4v) is 2.13. The van der Waals surface area contributed by atoms with Crippen molar-refractivity contribution in [2.45, 2.75) is 18.6 Å². The van der Waals surface area contributed by atoms with Crippen molar-refractivity contribution in [1.82, 2.24) is 10.6 Å². The lowest BCUT2D eigenvalue weighted by atomic mass is 9.96. The summed E-state index contributed by atoms with van der Waals surface area (Å²) in [7, 11) is 0. The van der Waals surface area contributed by atoms with Gasteiger partial charge in [0.25, 0.3) is 0 Å². The van der Waals surface area contributed by atoms with E-state index in [0.29, 0.717) is 19.2 Å². The molecular weight excluding hydrogens is 306 g/mol. The number of carbonyl (C=O) groups excluding carboxylic acids is 2. The molecule has 2 amide bonds. The molecule has 9 heteroatoms. The van der Waals surface area contributed by atoms with Crippen LogP contribution in [0.15, 0.2) is 12.1 Å². The van der Waals surface area contributed by atoms with Crippen LogP contribution in [0.2, 0.25) is 0 Å². The lowest BCUT2D eigenvalue weighted by Crippen LogP contribution is -2.57. The molecule has 0 aliphatic carbocycles. The second-order valence-electron chi connectivity index (χ2n) is 4.94. The van der Waals surface area contributed by atoms with Crippen molar-refractivity contribution in [3.05, 3.63) is 34.6 Å². The van der Waals surface area contributed by atoms with Crippen LogP contribution in [0.5, 0.6) is 0 Å². The van der Waals surface area contributed by atoms with E-state index in [1.165, 1.54) is 0 Å². The van der Waals surface area contributed by atoms with Crippen LogP contribution >= 0.6 is 0 Å². The van der Waals surface area contributed by atoms with E-state index in [-0.39, 0.29) is 12.1 Å². The number of halogens is 4. The molecule has 0 bridgehead atoms. The molecule has 1 aromatic carbocycles. The first-order chi connectivity index (χ1) is 10.2. The summed E-state index contributed by atoms with van der Waals surface area (Å²) in [6, 6.07) is 0.685. The zero-order valence-corrected chi connectivity index (χ0v) is 11.3. The van der Waals surface area contributed by atoms with Gasteiger partial charge in [0.1, 0.15) is 5.82 Å². The van der Waals surface area contributed by atoms with Crippen molar-refractivity contribution in [2.24, 2.45) is 5.73 Å². The maximum Gasteiger partial charge on any atom is 0.416 e. The fourth-order valence-electron chi connectivity index (χ4n) is 2.13. The first-order valence-corrected chi connectivity index (χ1v) is 6.38. The second kappa shape index (κ2) is 5.91. The van der Waals surface area contributed by atoms with Crippen LogP contribution in [0.3, 0.4) is 0 Å². The van der Waals surface area contributed by atoms with Gasteiger partial charge in [-0.15, -0.1) is 0 Å². The summed E-state index contributed by atoms with van der Waals surface area (Å²) in [4.78, 5) is 23.1. The van der Waals surface area contributed by atoms with Gasteiger partial charge in [0.05, 0.1) is 18.0 Å². The third-order valence-electron chi connectivity index (χ3n) is 3.27.